The summed E-state index contributed by atoms with van der Waals surface area (Å²) in [7, 11) is 1.62. The first kappa shape index (κ1) is 18.1. The molecule has 2 aromatic rings. The van der Waals surface area contributed by atoms with E-state index in [4.69, 9.17) is 10.00 Å². The highest BCUT2D eigenvalue weighted by molar-refractivity contribution is 5.31. The van der Waals surface area contributed by atoms with Crippen molar-refractivity contribution in [2.24, 2.45) is 0 Å². The number of hydrogen-bond acceptors (Lipinski definition) is 4. The van der Waals surface area contributed by atoms with E-state index in [-0.39, 0.29) is 0 Å². The molecule has 126 valence electrons. The Morgan fingerprint density at radius 3 is 2.54 bits per heavy atom. The third-order valence-corrected chi connectivity index (χ3v) is 3.80. The van der Waals surface area contributed by atoms with E-state index in [1.54, 1.807) is 37.4 Å². The molecular weight excluding hydrogens is 307 g/mol. The zero-order chi connectivity index (χ0) is 17.4. The van der Waals surface area contributed by atoms with E-state index >= 15 is 0 Å². The van der Waals surface area contributed by atoms with E-state index in [0.717, 1.165) is 5.56 Å². The third kappa shape index (κ3) is 5.14. The lowest BCUT2D eigenvalue weighted by Gasteiger charge is -2.25. The molecule has 0 fully saturated rings. The average molecular weight is 328 g/mol. The Kier molecular flexibility index (Phi) is 6.89. The number of aliphatic hydroxyl groups excluding tert-OH is 1. The first-order chi connectivity index (χ1) is 11.6. The summed E-state index contributed by atoms with van der Waals surface area (Å²) in [5.41, 5.74) is 1.92. The van der Waals surface area contributed by atoms with Crippen LogP contribution in [-0.2, 0) is 11.3 Å². The Hall–Kier alpha value is -2.26. The minimum absolute atomic E-state index is 0.291. The van der Waals surface area contributed by atoms with Crippen molar-refractivity contribution >= 4 is 0 Å². The molecule has 0 amide bonds. The second kappa shape index (κ2) is 9.14. The lowest BCUT2D eigenvalue weighted by atomic mass is 10.1. The number of methoxy groups -OCH3 is 1. The molecule has 0 aliphatic heterocycles. The summed E-state index contributed by atoms with van der Waals surface area (Å²) in [6, 6.07) is 15.6. The van der Waals surface area contributed by atoms with E-state index < -0.39 is 11.9 Å². The highest BCUT2D eigenvalue weighted by Gasteiger charge is 2.17. The summed E-state index contributed by atoms with van der Waals surface area (Å²) in [6.07, 6.45) is -0.915. The number of nitriles is 1. The molecule has 5 heteroatoms. The fraction of sp³-hybridized carbons (Fsp3) is 0.316. The Bertz CT molecular complexity index is 683. The summed E-state index contributed by atoms with van der Waals surface area (Å²) < 4.78 is 18.9. The first-order valence-electron chi connectivity index (χ1n) is 7.77. The lowest BCUT2D eigenvalue weighted by Crippen LogP contribution is -2.31. The minimum atomic E-state index is -0.915. The van der Waals surface area contributed by atoms with Crippen molar-refractivity contribution in [1.82, 2.24) is 4.90 Å². The zero-order valence-electron chi connectivity index (χ0n) is 13.7. The monoisotopic (exact) mass is 328 g/mol. The molecule has 0 spiro atoms. The van der Waals surface area contributed by atoms with Gasteiger partial charge >= 0.3 is 0 Å². The molecule has 0 heterocycles. The van der Waals surface area contributed by atoms with E-state index in [0.29, 0.717) is 37.4 Å². The van der Waals surface area contributed by atoms with E-state index in [9.17, 15) is 9.50 Å². The van der Waals surface area contributed by atoms with Crippen molar-refractivity contribution < 1.29 is 14.2 Å². The predicted octanol–water partition coefficient (Wildman–Crippen LogP) is 2.88. The fourth-order valence-electron chi connectivity index (χ4n) is 2.49. The molecule has 0 aromatic heterocycles. The van der Waals surface area contributed by atoms with Crippen molar-refractivity contribution in [2.75, 3.05) is 26.8 Å². The number of ether oxygens (including phenoxy) is 1. The number of nitrogens with zero attached hydrogens (tertiary/aromatic N) is 2. The van der Waals surface area contributed by atoms with Gasteiger partial charge in [-0.25, -0.2) is 4.39 Å². The summed E-state index contributed by atoms with van der Waals surface area (Å²) in [4.78, 5) is 2.00. The normalized spacial score (nSPS) is 12.1. The molecular formula is C19H21FN2O2. The highest BCUT2D eigenvalue weighted by atomic mass is 19.1. The van der Waals surface area contributed by atoms with Gasteiger partial charge in [0.15, 0.2) is 0 Å². The van der Waals surface area contributed by atoms with Gasteiger partial charge in [-0.3, -0.25) is 4.90 Å². The predicted molar refractivity (Wildman–Crippen MR) is 89.7 cm³/mol. The van der Waals surface area contributed by atoms with Crippen LogP contribution in [0, 0.1) is 17.1 Å². The van der Waals surface area contributed by atoms with Crippen molar-refractivity contribution in [3.63, 3.8) is 0 Å². The highest BCUT2D eigenvalue weighted by Crippen LogP contribution is 2.19. The van der Waals surface area contributed by atoms with Gasteiger partial charge in [-0.1, -0.05) is 30.3 Å². The largest absolute Gasteiger partial charge is 0.387 e. The molecule has 0 radical (unpaired) electrons. The van der Waals surface area contributed by atoms with Gasteiger partial charge < -0.3 is 9.84 Å². The molecule has 1 unspecified atom stereocenters. The molecule has 0 aliphatic carbocycles. The van der Waals surface area contributed by atoms with E-state index in [2.05, 4.69) is 6.07 Å². The zero-order valence-corrected chi connectivity index (χ0v) is 13.7. The van der Waals surface area contributed by atoms with Gasteiger partial charge in [-0.05, 0) is 23.8 Å². The molecule has 4 nitrogen and oxygen atoms in total. The second-order valence-corrected chi connectivity index (χ2v) is 5.57. The molecule has 0 saturated carbocycles. The Balaban J connectivity index is 2.06. The van der Waals surface area contributed by atoms with Crippen LogP contribution in [0.3, 0.4) is 0 Å². The Morgan fingerprint density at radius 2 is 1.92 bits per heavy atom. The number of aliphatic hydroxyl groups is 1. The molecule has 1 atom stereocenters. The molecule has 0 bridgehead atoms. The summed E-state index contributed by atoms with van der Waals surface area (Å²) >= 11 is 0. The first-order valence-corrected chi connectivity index (χ1v) is 7.77. The van der Waals surface area contributed by atoms with Crippen molar-refractivity contribution in [2.45, 2.75) is 12.6 Å². The number of halogens is 1. The molecule has 1 N–H and O–H groups in total. The smallest absolute Gasteiger partial charge is 0.129 e. The van der Waals surface area contributed by atoms with Crippen molar-refractivity contribution in [1.29, 1.82) is 5.26 Å². The molecule has 2 aromatic carbocycles. The second-order valence-electron chi connectivity index (χ2n) is 5.57. The Labute approximate surface area is 141 Å². The van der Waals surface area contributed by atoms with Crippen LogP contribution in [0.25, 0.3) is 0 Å². The number of benzene rings is 2. The molecule has 0 saturated heterocycles. The van der Waals surface area contributed by atoms with Gasteiger partial charge in [0, 0.05) is 32.3 Å². The minimum Gasteiger partial charge on any atom is -0.387 e. The summed E-state index contributed by atoms with van der Waals surface area (Å²) in [6.45, 7) is 2.01. The van der Waals surface area contributed by atoms with Crippen LogP contribution in [0.15, 0.2) is 48.5 Å². The SMILES string of the molecule is COCCN(Cc1ccc(C#N)cc1)CC(O)c1ccccc1F. The van der Waals surface area contributed by atoms with Crippen LogP contribution in [0.4, 0.5) is 4.39 Å². The molecule has 24 heavy (non-hydrogen) atoms. The quantitative estimate of drug-likeness (QED) is 0.809. The topological polar surface area (TPSA) is 56.5 Å². The Morgan fingerprint density at radius 1 is 1.21 bits per heavy atom. The number of hydrogen-bond donors (Lipinski definition) is 1. The van der Waals surface area contributed by atoms with Gasteiger partial charge in [0.05, 0.1) is 24.3 Å². The summed E-state index contributed by atoms with van der Waals surface area (Å²) in [5, 5.41) is 19.2. The number of rotatable bonds is 8. The maximum Gasteiger partial charge on any atom is 0.129 e. The van der Waals surface area contributed by atoms with Gasteiger partial charge in [0.25, 0.3) is 0 Å². The van der Waals surface area contributed by atoms with Crippen LogP contribution in [0.5, 0.6) is 0 Å². The van der Waals surface area contributed by atoms with E-state index in [1.165, 1.54) is 6.07 Å². The van der Waals surface area contributed by atoms with Crippen LogP contribution in [0.1, 0.15) is 22.8 Å². The fourth-order valence-corrected chi connectivity index (χ4v) is 2.49. The van der Waals surface area contributed by atoms with Gasteiger partial charge in [0.1, 0.15) is 5.82 Å². The van der Waals surface area contributed by atoms with Crippen LogP contribution < -0.4 is 0 Å². The van der Waals surface area contributed by atoms with Crippen LogP contribution in [-0.4, -0.2) is 36.8 Å². The molecule has 2 rings (SSSR count). The van der Waals surface area contributed by atoms with Crippen LogP contribution >= 0.6 is 0 Å². The van der Waals surface area contributed by atoms with Crippen molar-refractivity contribution in [3.05, 3.63) is 71.0 Å². The maximum atomic E-state index is 13.8. The lowest BCUT2D eigenvalue weighted by molar-refractivity contribution is 0.0831. The maximum absolute atomic E-state index is 13.8. The standard InChI is InChI=1S/C19H21FN2O2/c1-24-11-10-22(13-16-8-6-15(12-21)7-9-16)14-19(23)17-4-2-3-5-18(17)20/h2-9,19,23H,10-11,13-14H2,1H3. The van der Waals surface area contributed by atoms with Gasteiger partial charge in [-0.15, -0.1) is 0 Å². The van der Waals surface area contributed by atoms with E-state index in [1.807, 2.05) is 17.0 Å². The average Bonchev–Trinajstić information content (AvgIpc) is 2.60. The molecule has 0 aliphatic rings. The van der Waals surface area contributed by atoms with Gasteiger partial charge in [-0.2, -0.15) is 5.26 Å². The summed E-state index contributed by atoms with van der Waals surface area (Å²) in [5.74, 6) is -0.407. The van der Waals surface area contributed by atoms with Gasteiger partial charge in [0.2, 0.25) is 0 Å². The van der Waals surface area contributed by atoms with Crippen LogP contribution in [0.2, 0.25) is 0 Å². The third-order valence-electron chi connectivity index (χ3n) is 3.80. The van der Waals surface area contributed by atoms with Crippen molar-refractivity contribution in [3.8, 4) is 6.07 Å².